The Morgan fingerprint density at radius 2 is 1.67 bits per heavy atom. The Balaban J connectivity index is 1.46. The molecule has 1 saturated heterocycles. The van der Waals surface area contributed by atoms with Gasteiger partial charge in [0.05, 0.1) is 5.92 Å². The molecule has 0 spiro atoms. The van der Waals surface area contributed by atoms with Crippen molar-refractivity contribution in [3.63, 3.8) is 0 Å². The average molecular weight is 422 g/mol. The van der Waals surface area contributed by atoms with Crippen molar-refractivity contribution in [2.75, 3.05) is 16.8 Å². The van der Waals surface area contributed by atoms with Crippen LogP contribution in [0.4, 0.5) is 11.4 Å². The van der Waals surface area contributed by atoms with Crippen molar-refractivity contribution >= 4 is 34.8 Å². The van der Waals surface area contributed by atoms with Gasteiger partial charge in [0.25, 0.3) is 0 Å². The highest BCUT2D eigenvalue weighted by molar-refractivity contribution is 6.31. The standard InChI is InChI=1S/C24H24ClN3O2/c1-15-7-8-16(2)28(15)20-11-9-19(10-12-20)26-24(30)18-13-23(29)27(14-18)22-6-4-5-21(25)17(22)3/h4-12,18H,13-14H2,1-3H3,(H,26,30)/t18-/m1/s1. The molecule has 6 heteroatoms. The number of halogens is 1. The van der Waals surface area contributed by atoms with E-state index in [9.17, 15) is 9.59 Å². The van der Waals surface area contributed by atoms with Crippen LogP contribution in [0.5, 0.6) is 0 Å². The summed E-state index contributed by atoms with van der Waals surface area (Å²) in [5.41, 5.74) is 5.70. The predicted octanol–water partition coefficient (Wildman–Crippen LogP) is 5.05. The molecular weight excluding hydrogens is 398 g/mol. The van der Waals surface area contributed by atoms with Crippen molar-refractivity contribution in [1.82, 2.24) is 4.57 Å². The second-order valence-electron chi connectivity index (χ2n) is 7.78. The molecule has 5 nitrogen and oxygen atoms in total. The molecule has 1 atom stereocenters. The number of aryl methyl sites for hydroxylation is 2. The minimum Gasteiger partial charge on any atom is -0.326 e. The molecule has 4 rings (SSSR count). The summed E-state index contributed by atoms with van der Waals surface area (Å²) >= 11 is 6.20. The summed E-state index contributed by atoms with van der Waals surface area (Å²) in [5.74, 6) is -0.606. The van der Waals surface area contributed by atoms with Crippen molar-refractivity contribution in [3.05, 3.63) is 76.6 Å². The van der Waals surface area contributed by atoms with E-state index in [-0.39, 0.29) is 18.2 Å². The van der Waals surface area contributed by atoms with Crippen LogP contribution < -0.4 is 10.2 Å². The largest absolute Gasteiger partial charge is 0.326 e. The first-order valence-electron chi connectivity index (χ1n) is 9.97. The lowest BCUT2D eigenvalue weighted by atomic mass is 10.1. The number of aromatic nitrogens is 1. The number of hydrogen-bond acceptors (Lipinski definition) is 2. The fraction of sp³-hybridized carbons (Fsp3) is 0.250. The number of benzene rings is 2. The summed E-state index contributed by atoms with van der Waals surface area (Å²) in [5, 5.41) is 3.56. The summed E-state index contributed by atoms with van der Waals surface area (Å²) in [6.45, 7) is 6.36. The van der Waals surface area contributed by atoms with Crippen LogP contribution in [-0.2, 0) is 9.59 Å². The van der Waals surface area contributed by atoms with Gasteiger partial charge in [0, 0.05) is 46.4 Å². The number of hydrogen-bond donors (Lipinski definition) is 1. The molecule has 0 bridgehead atoms. The molecule has 2 aromatic carbocycles. The Bertz CT molecular complexity index is 1100. The highest BCUT2D eigenvalue weighted by atomic mass is 35.5. The van der Waals surface area contributed by atoms with E-state index in [1.54, 1.807) is 11.0 Å². The number of amides is 2. The van der Waals surface area contributed by atoms with Crippen LogP contribution in [0.15, 0.2) is 54.6 Å². The van der Waals surface area contributed by atoms with Crippen LogP contribution in [0.2, 0.25) is 5.02 Å². The zero-order valence-electron chi connectivity index (χ0n) is 17.3. The quantitative estimate of drug-likeness (QED) is 0.641. The van der Waals surface area contributed by atoms with Crippen LogP contribution in [0, 0.1) is 26.7 Å². The van der Waals surface area contributed by atoms with Crippen molar-refractivity contribution in [2.24, 2.45) is 5.92 Å². The number of carbonyl (C=O) groups excluding carboxylic acids is 2. The Morgan fingerprint density at radius 3 is 2.33 bits per heavy atom. The second kappa shape index (κ2) is 8.00. The molecule has 30 heavy (non-hydrogen) atoms. The maximum atomic E-state index is 12.8. The van der Waals surface area contributed by atoms with E-state index < -0.39 is 5.92 Å². The van der Waals surface area contributed by atoms with Gasteiger partial charge in [-0.05, 0) is 74.9 Å². The molecule has 1 aromatic heterocycles. The third-order valence-corrected chi connectivity index (χ3v) is 6.10. The lowest BCUT2D eigenvalue weighted by Crippen LogP contribution is -2.28. The molecule has 2 heterocycles. The van der Waals surface area contributed by atoms with Crippen LogP contribution >= 0.6 is 11.6 Å². The Labute approximate surface area is 181 Å². The van der Waals surface area contributed by atoms with Gasteiger partial charge < -0.3 is 14.8 Å². The lowest BCUT2D eigenvalue weighted by molar-refractivity contribution is -0.122. The Hall–Kier alpha value is -3.05. The first kappa shape index (κ1) is 20.2. The van der Waals surface area contributed by atoms with Gasteiger partial charge in [-0.2, -0.15) is 0 Å². The van der Waals surface area contributed by atoms with Gasteiger partial charge in [-0.1, -0.05) is 17.7 Å². The molecule has 1 fully saturated rings. The number of carbonyl (C=O) groups is 2. The molecule has 3 aromatic rings. The van der Waals surface area contributed by atoms with Crippen LogP contribution in [0.3, 0.4) is 0 Å². The third kappa shape index (κ3) is 3.73. The van der Waals surface area contributed by atoms with E-state index in [2.05, 4.69) is 35.9 Å². The van der Waals surface area contributed by atoms with Crippen molar-refractivity contribution in [2.45, 2.75) is 27.2 Å². The molecule has 1 N–H and O–H groups in total. The van der Waals surface area contributed by atoms with Gasteiger partial charge in [0.2, 0.25) is 11.8 Å². The molecule has 1 aliphatic heterocycles. The van der Waals surface area contributed by atoms with Gasteiger partial charge in [-0.25, -0.2) is 0 Å². The van der Waals surface area contributed by atoms with Gasteiger partial charge in [0.1, 0.15) is 0 Å². The van der Waals surface area contributed by atoms with Crippen molar-refractivity contribution < 1.29 is 9.59 Å². The van der Waals surface area contributed by atoms with E-state index >= 15 is 0 Å². The van der Waals surface area contributed by atoms with Crippen LogP contribution in [-0.4, -0.2) is 22.9 Å². The molecular formula is C24H24ClN3O2. The summed E-state index contributed by atoms with van der Waals surface area (Å²) in [6.07, 6.45) is 0.192. The highest BCUT2D eigenvalue weighted by Gasteiger charge is 2.35. The van der Waals surface area contributed by atoms with Crippen molar-refractivity contribution in [3.8, 4) is 5.69 Å². The normalized spacial score (nSPS) is 16.2. The Kier molecular flexibility index (Phi) is 5.39. The molecule has 1 aliphatic rings. The lowest BCUT2D eigenvalue weighted by Gasteiger charge is -2.19. The van der Waals surface area contributed by atoms with E-state index in [1.807, 2.05) is 43.3 Å². The summed E-state index contributed by atoms with van der Waals surface area (Å²) in [4.78, 5) is 27.0. The zero-order chi connectivity index (χ0) is 21.4. The number of nitrogens with one attached hydrogen (secondary N) is 1. The summed E-state index contributed by atoms with van der Waals surface area (Å²) in [7, 11) is 0. The van der Waals surface area contributed by atoms with Gasteiger partial charge in [-0.15, -0.1) is 0 Å². The Morgan fingerprint density at radius 1 is 1.00 bits per heavy atom. The zero-order valence-corrected chi connectivity index (χ0v) is 18.0. The predicted molar refractivity (Wildman–Crippen MR) is 121 cm³/mol. The maximum absolute atomic E-state index is 12.8. The second-order valence-corrected chi connectivity index (χ2v) is 8.18. The van der Waals surface area contributed by atoms with Gasteiger partial charge >= 0.3 is 0 Å². The molecule has 2 amide bonds. The first-order chi connectivity index (χ1) is 14.3. The number of anilines is 2. The first-order valence-corrected chi connectivity index (χ1v) is 10.3. The molecule has 0 unspecified atom stereocenters. The molecule has 154 valence electrons. The van der Waals surface area contributed by atoms with E-state index in [1.165, 1.54) is 0 Å². The minimum atomic E-state index is -0.399. The monoisotopic (exact) mass is 421 g/mol. The van der Waals surface area contributed by atoms with E-state index in [4.69, 9.17) is 11.6 Å². The van der Waals surface area contributed by atoms with E-state index in [0.717, 1.165) is 34.0 Å². The smallest absolute Gasteiger partial charge is 0.229 e. The fourth-order valence-corrected chi connectivity index (χ4v) is 4.19. The van der Waals surface area contributed by atoms with Crippen LogP contribution in [0.1, 0.15) is 23.4 Å². The number of nitrogens with zero attached hydrogens (tertiary/aromatic N) is 2. The summed E-state index contributed by atoms with van der Waals surface area (Å²) in [6, 6.07) is 17.4. The maximum Gasteiger partial charge on any atom is 0.229 e. The average Bonchev–Trinajstić information content (AvgIpc) is 3.27. The van der Waals surface area contributed by atoms with Crippen LogP contribution in [0.25, 0.3) is 5.69 Å². The third-order valence-electron chi connectivity index (χ3n) is 5.69. The molecule has 0 radical (unpaired) electrons. The minimum absolute atomic E-state index is 0.0607. The van der Waals surface area contributed by atoms with Gasteiger partial charge in [-0.3, -0.25) is 9.59 Å². The topological polar surface area (TPSA) is 54.3 Å². The number of rotatable bonds is 4. The highest BCUT2D eigenvalue weighted by Crippen LogP contribution is 2.32. The molecule has 0 saturated carbocycles. The van der Waals surface area contributed by atoms with Gasteiger partial charge in [0.15, 0.2) is 0 Å². The van der Waals surface area contributed by atoms with E-state index in [0.29, 0.717) is 11.6 Å². The SMILES string of the molecule is Cc1c(Cl)cccc1N1C[C@H](C(=O)Nc2ccc(-n3c(C)ccc3C)cc2)CC1=O. The summed E-state index contributed by atoms with van der Waals surface area (Å²) < 4.78 is 2.16. The van der Waals surface area contributed by atoms with Crippen molar-refractivity contribution in [1.29, 1.82) is 0 Å². The fourth-order valence-electron chi connectivity index (χ4n) is 4.02. The molecule has 0 aliphatic carbocycles.